The average Bonchev–Trinajstić information content (AvgIpc) is 3.36. The molecule has 30 heavy (non-hydrogen) atoms. The lowest BCUT2D eigenvalue weighted by molar-refractivity contribution is -0.153. The van der Waals surface area contributed by atoms with Crippen LogP contribution in [0.25, 0.3) is 11.1 Å². The first kappa shape index (κ1) is 19.5. The summed E-state index contributed by atoms with van der Waals surface area (Å²) in [6.45, 7) is 0. The van der Waals surface area contributed by atoms with Crippen molar-refractivity contribution in [3.63, 3.8) is 0 Å². The molecule has 158 valence electrons. The Morgan fingerprint density at radius 2 is 1.73 bits per heavy atom. The molecule has 1 amide bonds. The highest BCUT2D eigenvalue weighted by Gasteiger charge is 2.52. The molecule has 0 aliphatic heterocycles. The first-order valence-electron chi connectivity index (χ1n) is 9.74. The van der Waals surface area contributed by atoms with Gasteiger partial charge in [0.15, 0.2) is 11.3 Å². The number of alkyl halides is 3. The Labute approximate surface area is 174 Å². The van der Waals surface area contributed by atoms with Crippen molar-refractivity contribution < 1.29 is 26.8 Å². The number of rotatable bonds is 3. The molecule has 0 saturated heterocycles. The van der Waals surface area contributed by atoms with Gasteiger partial charge in [0.05, 0.1) is 0 Å². The zero-order valence-corrected chi connectivity index (χ0v) is 16.6. The second-order valence-electron chi connectivity index (χ2n) is 8.31. The first-order chi connectivity index (χ1) is 14.2. The molecule has 1 aromatic carbocycles. The molecule has 6 rings (SSSR count). The Hall–Kier alpha value is -2.48. The summed E-state index contributed by atoms with van der Waals surface area (Å²) >= 11 is 6.04. The number of hydrogen-bond acceptors (Lipinski definition) is 4. The van der Waals surface area contributed by atoms with Gasteiger partial charge in [-0.05, 0) is 68.9 Å². The Morgan fingerprint density at radius 3 is 2.37 bits per heavy atom. The van der Waals surface area contributed by atoms with Gasteiger partial charge in [-0.1, -0.05) is 11.6 Å². The lowest BCUT2D eigenvalue weighted by atomic mass is 9.57. The number of fused-ring (bicyclic) bond motifs is 4. The number of nitrogens with zero attached hydrogens (tertiary/aromatic N) is 1. The van der Waals surface area contributed by atoms with E-state index in [1.54, 1.807) is 18.2 Å². The minimum absolute atomic E-state index is 0.188. The molecule has 2 heterocycles. The monoisotopic (exact) mass is 438 g/mol. The normalized spacial score (nSPS) is 26.3. The predicted molar refractivity (Wildman–Crippen MR) is 102 cm³/mol. The van der Waals surface area contributed by atoms with Crippen molar-refractivity contribution in [2.75, 3.05) is 0 Å². The van der Waals surface area contributed by atoms with Crippen molar-refractivity contribution in [3.05, 3.63) is 52.8 Å². The van der Waals surface area contributed by atoms with Crippen LogP contribution in [0.15, 0.2) is 39.2 Å². The van der Waals surface area contributed by atoms with Crippen molar-refractivity contribution in [3.8, 4) is 0 Å². The number of oxazole rings is 1. The summed E-state index contributed by atoms with van der Waals surface area (Å²) in [7, 11) is 0. The van der Waals surface area contributed by atoms with Crippen LogP contribution in [0.5, 0.6) is 0 Å². The number of carbonyl (C=O) groups is 1. The first-order valence-corrected chi connectivity index (χ1v) is 10.1. The molecule has 1 N–H and O–H groups in total. The summed E-state index contributed by atoms with van der Waals surface area (Å²) in [5.74, 6) is -1.42. The lowest BCUT2D eigenvalue weighted by Crippen LogP contribution is -2.57. The van der Waals surface area contributed by atoms with Crippen LogP contribution in [0.3, 0.4) is 0 Å². The van der Waals surface area contributed by atoms with Gasteiger partial charge in [-0.2, -0.15) is 13.2 Å². The standard InChI is InChI=1S/C21H18ClF3N2O3/c22-12-1-2-14-13(11-12)26-18(30-14)19-5-8-20(9-6-19,10-7-19)27-17(28)15-3-4-16(29-15)21(23,24)25/h1-4,11H,5-10H2,(H,27,28). The van der Waals surface area contributed by atoms with Crippen LogP contribution in [0.4, 0.5) is 13.2 Å². The highest BCUT2D eigenvalue weighted by molar-refractivity contribution is 6.31. The SMILES string of the molecule is O=C(NC12CCC(c3nc4cc(Cl)ccc4o3)(CC1)CC2)c1ccc(C(F)(F)F)o1. The summed E-state index contributed by atoms with van der Waals surface area (Å²) in [4.78, 5) is 17.2. The van der Waals surface area contributed by atoms with E-state index >= 15 is 0 Å². The molecule has 2 bridgehead atoms. The van der Waals surface area contributed by atoms with Gasteiger partial charge in [-0.25, -0.2) is 4.98 Å². The van der Waals surface area contributed by atoms with E-state index in [0.29, 0.717) is 35.8 Å². The molecular weight excluding hydrogens is 421 g/mol. The van der Waals surface area contributed by atoms with E-state index in [9.17, 15) is 18.0 Å². The summed E-state index contributed by atoms with van der Waals surface area (Å²) in [5, 5.41) is 3.53. The number of halogens is 4. The maximum Gasteiger partial charge on any atom is 0.449 e. The largest absolute Gasteiger partial charge is 0.449 e. The molecule has 3 fully saturated rings. The molecule has 2 aromatic heterocycles. The molecule has 3 saturated carbocycles. The van der Waals surface area contributed by atoms with Gasteiger partial charge in [0.25, 0.3) is 5.91 Å². The van der Waals surface area contributed by atoms with Crippen LogP contribution in [-0.4, -0.2) is 16.4 Å². The predicted octanol–water partition coefficient (Wildman–Crippen LogP) is 5.87. The number of hydrogen-bond donors (Lipinski definition) is 1. The van der Waals surface area contributed by atoms with E-state index in [0.717, 1.165) is 36.9 Å². The Morgan fingerprint density at radius 1 is 1.03 bits per heavy atom. The number of benzene rings is 1. The summed E-state index contributed by atoms with van der Waals surface area (Å²) in [6.07, 6.45) is -0.184. The van der Waals surface area contributed by atoms with E-state index in [-0.39, 0.29) is 11.2 Å². The molecule has 0 spiro atoms. The van der Waals surface area contributed by atoms with Crippen LogP contribution in [0, 0.1) is 0 Å². The smallest absolute Gasteiger partial charge is 0.446 e. The van der Waals surface area contributed by atoms with Gasteiger partial charge in [0.1, 0.15) is 5.52 Å². The van der Waals surface area contributed by atoms with E-state index < -0.39 is 23.4 Å². The number of furan rings is 1. The topological polar surface area (TPSA) is 68.3 Å². The third-order valence-electron chi connectivity index (χ3n) is 6.54. The maximum atomic E-state index is 12.7. The number of carbonyl (C=O) groups excluding carboxylic acids is 1. The molecule has 5 nitrogen and oxygen atoms in total. The van der Waals surface area contributed by atoms with Crippen molar-refractivity contribution in [2.24, 2.45) is 0 Å². The molecule has 3 aliphatic carbocycles. The van der Waals surface area contributed by atoms with Crippen LogP contribution in [0.1, 0.15) is 60.7 Å². The second-order valence-corrected chi connectivity index (χ2v) is 8.74. The van der Waals surface area contributed by atoms with Crippen molar-refractivity contribution in [2.45, 2.75) is 55.7 Å². The third-order valence-corrected chi connectivity index (χ3v) is 6.77. The number of amides is 1. The quantitative estimate of drug-likeness (QED) is 0.555. The fraction of sp³-hybridized carbons (Fsp3) is 0.429. The van der Waals surface area contributed by atoms with E-state index in [1.165, 1.54) is 0 Å². The zero-order chi connectivity index (χ0) is 21.1. The number of aromatic nitrogens is 1. The van der Waals surface area contributed by atoms with Crippen molar-refractivity contribution in [1.29, 1.82) is 0 Å². The Bertz CT molecular complexity index is 1110. The van der Waals surface area contributed by atoms with Crippen LogP contribution >= 0.6 is 11.6 Å². The molecule has 9 heteroatoms. The zero-order valence-electron chi connectivity index (χ0n) is 15.8. The van der Waals surface area contributed by atoms with Gasteiger partial charge >= 0.3 is 6.18 Å². The maximum absolute atomic E-state index is 12.7. The highest BCUT2D eigenvalue weighted by atomic mass is 35.5. The third kappa shape index (κ3) is 3.17. The number of nitrogens with one attached hydrogen (secondary N) is 1. The van der Waals surface area contributed by atoms with Gasteiger partial charge in [0, 0.05) is 16.0 Å². The summed E-state index contributed by atoms with van der Waals surface area (Å²) in [6, 6.07) is 7.18. The van der Waals surface area contributed by atoms with Crippen molar-refractivity contribution >= 4 is 28.6 Å². The molecular formula is C21H18ClF3N2O3. The Balaban J connectivity index is 1.32. The van der Waals surface area contributed by atoms with Crippen LogP contribution in [0.2, 0.25) is 5.02 Å². The van der Waals surface area contributed by atoms with E-state index in [4.69, 9.17) is 20.4 Å². The minimum atomic E-state index is -4.62. The van der Waals surface area contributed by atoms with E-state index in [2.05, 4.69) is 10.3 Å². The molecule has 3 aromatic rings. The van der Waals surface area contributed by atoms with Gasteiger partial charge in [-0.3, -0.25) is 4.79 Å². The van der Waals surface area contributed by atoms with Gasteiger partial charge < -0.3 is 14.2 Å². The van der Waals surface area contributed by atoms with Crippen LogP contribution in [-0.2, 0) is 11.6 Å². The lowest BCUT2D eigenvalue weighted by Gasteiger charge is -2.52. The summed E-state index contributed by atoms with van der Waals surface area (Å²) < 4.78 is 48.9. The average molecular weight is 439 g/mol. The van der Waals surface area contributed by atoms with E-state index in [1.807, 2.05) is 0 Å². The summed E-state index contributed by atoms with van der Waals surface area (Å²) in [5.41, 5.74) is 0.782. The van der Waals surface area contributed by atoms with Gasteiger partial charge in [-0.15, -0.1) is 0 Å². The fourth-order valence-corrected chi connectivity index (χ4v) is 4.90. The molecule has 0 radical (unpaired) electrons. The highest BCUT2D eigenvalue weighted by Crippen LogP contribution is 2.53. The van der Waals surface area contributed by atoms with Gasteiger partial charge in [0.2, 0.25) is 11.7 Å². The van der Waals surface area contributed by atoms with Crippen molar-refractivity contribution in [1.82, 2.24) is 10.3 Å². The minimum Gasteiger partial charge on any atom is -0.446 e. The molecule has 0 unspecified atom stereocenters. The molecule has 3 aliphatic rings. The van der Waals surface area contributed by atoms with Crippen LogP contribution < -0.4 is 5.32 Å². The second kappa shape index (κ2) is 6.51. The molecule has 0 atom stereocenters. The Kier molecular flexibility index (Phi) is 4.23. The fourth-order valence-electron chi connectivity index (χ4n) is 4.74.